The van der Waals surface area contributed by atoms with E-state index in [1.54, 1.807) is 30.5 Å². The van der Waals surface area contributed by atoms with Gasteiger partial charge in [-0.05, 0) is 36.4 Å². The lowest BCUT2D eigenvalue weighted by atomic mass is 10.3. The maximum absolute atomic E-state index is 11.3. The molecule has 0 unspecified atom stereocenters. The highest BCUT2D eigenvalue weighted by molar-refractivity contribution is 7.90. The first-order valence-corrected chi connectivity index (χ1v) is 8.11. The fraction of sp³-hybridized carbons (Fsp3) is 0.286. The normalized spacial score (nSPS) is 11.4. The average molecular weight is 295 g/mol. The summed E-state index contributed by atoms with van der Waals surface area (Å²) in [6, 6.07) is 10.1. The Bertz CT molecular complexity index is 618. The van der Waals surface area contributed by atoms with Crippen LogP contribution in [-0.2, 0) is 16.4 Å². The summed E-state index contributed by atoms with van der Waals surface area (Å²) in [4.78, 5) is 0.292. The lowest BCUT2D eigenvalue weighted by Crippen LogP contribution is -2.20. The summed E-state index contributed by atoms with van der Waals surface area (Å²) in [5, 5.41) is 3.18. The molecule has 0 saturated carbocycles. The van der Waals surface area contributed by atoms with Crippen LogP contribution >= 0.6 is 0 Å². The lowest BCUT2D eigenvalue weighted by molar-refractivity contribution is 0.310. The van der Waals surface area contributed by atoms with Crippen molar-refractivity contribution in [2.75, 3.05) is 19.4 Å². The van der Waals surface area contributed by atoms with Gasteiger partial charge in [-0.3, -0.25) is 0 Å². The van der Waals surface area contributed by atoms with Gasteiger partial charge in [0.25, 0.3) is 0 Å². The molecule has 0 radical (unpaired) electrons. The number of hydrogen-bond donors (Lipinski definition) is 1. The summed E-state index contributed by atoms with van der Waals surface area (Å²) < 4.78 is 33.3. The molecule has 0 saturated heterocycles. The SMILES string of the molecule is CS(=O)(=O)c1ccc(OCCNCc2ccco2)cc1. The summed E-state index contributed by atoms with van der Waals surface area (Å²) in [5.41, 5.74) is 0. The Hall–Kier alpha value is -1.79. The highest BCUT2D eigenvalue weighted by Crippen LogP contribution is 2.15. The quantitative estimate of drug-likeness (QED) is 0.790. The monoisotopic (exact) mass is 295 g/mol. The minimum absolute atomic E-state index is 0.292. The maximum atomic E-state index is 11.3. The number of hydrogen-bond acceptors (Lipinski definition) is 5. The van der Waals surface area contributed by atoms with Gasteiger partial charge in [-0.25, -0.2) is 8.42 Å². The summed E-state index contributed by atoms with van der Waals surface area (Å²) in [5.74, 6) is 1.53. The number of ether oxygens (including phenoxy) is 1. The van der Waals surface area contributed by atoms with E-state index < -0.39 is 9.84 Å². The van der Waals surface area contributed by atoms with Crippen molar-refractivity contribution in [1.82, 2.24) is 5.32 Å². The summed E-state index contributed by atoms with van der Waals surface area (Å²) in [6.45, 7) is 1.83. The third-order valence-electron chi connectivity index (χ3n) is 2.68. The molecule has 1 aromatic heterocycles. The molecule has 0 atom stereocenters. The molecule has 2 rings (SSSR count). The molecule has 108 valence electrons. The van der Waals surface area contributed by atoms with Crippen LogP contribution < -0.4 is 10.1 Å². The van der Waals surface area contributed by atoms with E-state index in [9.17, 15) is 8.42 Å². The molecule has 6 heteroatoms. The van der Waals surface area contributed by atoms with E-state index in [0.29, 0.717) is 30.3 Å². The predicted octanol–water partition coefficient (Wildman–Crippen LogP) is 1.85. The second-order valence-electron chi connectivity index (χ2n) is 4.35. The van der Waals surface area contributed by atoms with Crippen LogP contribution in [0.5, 0.6) is 5.75 Å². The zero-order chi connectivity index (χ0) is 14.4. The van der Waals surface area contributed by atoms with Gasteiger partial charge in [-0.1, -0.05) is 0 Å². The van der Waals surface area contributed by atoms with Crippen LogP contribution in [0.1, 0.15) is 5.76 Å². The van der Waals surface area contributed by atoms with Crippen molar-refractivity contribution in [3.05, 3.63) is 48.4 Å². The summed E-state index contributed by atoms with van der Waals surface area (Å²) in [6.07, 6.45) is 2.82. The molecule has 2 aromatic rings. The predicted molar refractivity (Wildman–Crippen MR) is 75.5 cm³/mol. The van der Waals surface area contributed by atoms with Gasteiger partial charge in [0, 0.05) is 12.8 Å². The maximum Gasteiger partial charge on any atom is 0.175 e. The van der Waals surface area contributed by atoms with Gasteiger partial charge in [0.15, 0.2) is 9.84 Å². The molecule has 0 amide bonds. The first kappa shape index (κ1) is 14.6. The molecule has 0 fully saturated rings. The molecule has 5 nitrogen and oxygen atoms in total. The fourth-order valence-corrected chi connectivity index (χ4v) is 2.28. The van der Waals surface area contributed by atoms with Crippen LogP contribution in [0.2, 0.25) is 0 Å². The highest BCUT2D eigenvalue weighted by Gasteiger charge is 2.06. The first-order chi connectivity index (χ1) is 9.55. The molecule has 20 heavy (non-hydrogen) atoms. The molecule has 0 aliphatic rings. The van der Waals surface area contributed by atoms with E-state index in [-0.39, 0.29) is 0 Å². The zero-order valence-corrected chi connectivity index (χ0v) is 12.0. The van der Waals surface area contributed by atoms with E-state index >= 15 is 0 Å². The van der Waals surface area contributed by atoms with E-state index in [4.69, 9.17) is 9.15 Å². The van der Waals surface area contributed by atoms with Crippen LogP contribution in [0, 0.1) is 0 Å². The topological polar surface area (TPSA) is 68.5 Å². The molecular weight excluding hydrogens is 278 g/mol. The number of nitrogens with one attached hydrogen (secondary N) is 1. The molecule has 0 aliphatic heterocycles. The second-order valence-corrected chi connectivity index (χ2v) is 6.36. The Morgan fingerprint density at radius 2 is 1.95 bits per heavy atom. The highest BCUT2D eigenvalue weighted by atomic mass is 32.2. The molecule has 1 aromatic carbocycles. The largest absolute Gasteiger partial charge is 0.492 e. The van der Waals surface area contributed by atoms with Gasteiger partial charge in [0.05, 0.1) is 17.7 Å². The third-order valence-corrected chi connectivity index (χ3v) is 3.81. The van der Waals surface area contributed by atoms with Gasteiger partial charge < -0.3 is 14.5 Å². The van der Waals surface area contributed by atoms with E-state index in [0.717, 1.165) is 5.76 Å². The molecule has 1 N–H and O–H groups in total. The van der Waals surface area contributed by atoms with E-state index in [1.165, 1.54) is 6.26 Å². The zero-order valence-electron chi connectivity index (χ0n) is 11.2. The number of sulfone groups is 1. The Morgan fingerprint density at radius 3 is 2.55 bits per heavy atom. The Morgan fingerprint density at radius 1 is 1.20 bits per heavy atom. The van der Waals surface area contributed by atoms with Gasteiger partial charge in [0.2, 0.25) is 0 Å². The number of furan rings is 1. The molecule has 0 aliphatic carbocycles. The van der Waals surface area contributed by atoms with Crippen LogP contribution in [-0.4, -0.2) is 27.8 Å². The lowest BCUT2D eigenvalue weighted by Gasteiger charge is -2.07. The van der Waals surface area contributed by atoms with Crippen molar-refractivity contribution in [3.8, 4) is 5.75 Å². The minimum Gasteiger partial charge on any atom is -0.492 e. The third kappa shape index (κ3) is 4.40. The van der Waals surface area contributed by atoms with Crippen molar-refractivity contribution in [2.45, 2.75) is 11.4 Å². The average Bonchev–Trinajstić information content (AvgIpc) is 2.91. The van der Waals surface area contributed by atoms with Crippen molar-refractivity contribution < 1.29 is 17.6 Å². The van der Waals surface area contributed by atoms with E-state index in [1.807, 2.05) is 12.1 Å². The Labute approximate surface area is 118 Å². The Kier molecular flexibility index (Phi) is 4.81. The van der Waals surface area contributed by atoms with Crippen LogP contribution in [0.4, 0.5) is 0 Å². The van der Waals surface area contributed by atoms with E-state index in [2.05, 4.69) is 5.32 Å². The number of benzene rings is 1. The molecule has 0 bridgehead atoms. The molecular formula is C14H17NO4S. The van der Waals surface area contributed by atoms with Crippen LogP contribution in [0.15, 0.2) is 52.0 Å². The second kappa shape index (κ2) is 6.58. The van der Waals surface area contributed by atoms with Crippen molar-refractivity contribution in [2.24, 2.45) is 0 Å². The summed E-state index contributed by atoms with van der Waals surface area (Å²) >= 11 is 0. The fourth-order valence-electron chi connectivity index (χ4n) is 1.65. The summed E-state index contributed by atoms with van der Waals surface area (Å²) in [7, 11) is -3.15. The van der Waals surface area contributed by atoms with Gasteiger partial charge in [0.1, 0.15) is 18.1 Å². The Balaban J connectivity index is 1.72. The van der Waals surface area contributed by atoms with Gasteiger partial charge >= 0.3 is 0 Å². The van der Waals surface area contributed by atoms with Gasteiger partial charge in [-0.2, -0.15) is 0 Å². The van der Waals surface area contributed by atoms with Crippen molar-refractivity contribution >= 4 is 9.84 Å². The van der Waals surface area contributed by atoms with Crippen molar-refractivity contribution in [1.29, 1.82) is 0 Å². The first-order valence-electron chi connectivity index (χ1n) is 6.22. The number of rotatable bonds is 7. The van der Waals surface area contributed by atoms with Gasteiger partial charge in [-0.15, -0.1) is 0 Å². The van der Waals surface area contributed by atoms with Crippen LogP contribution in [0.3, 0.4) is 0 Å². The van der Waals surface area contributed by atoms with Crippen molar-refractivity contribution in [3.63, 3.8) is 0 Å². The standard InChI is InChI=1S/C14H17NO4S/c1-20(16,17)14-6-4-12(5-7-14)19-10-8-15-11-13-3-2-9-18-13/h2-7,9,15H,8,10-11H2,1H3. The smallest absolute Gasteiger partial charge is 0.175 e. The molecule has 0 spiro atoms. The van der Waals surface area contributed by atoms with Crippen LogP contribution in [0.25, 0.3) is 0 Å². The molecule has 1 heterocycles. The minimum atomic E-state index is -3.15.